The third kappa shape index (κ3) is 2.00. The zero-order chi connectivity index (χ0) is 16.0. The van der Waals surface area contributed by atoms with Crippen LogP contribution in [0.4, 0.5) is 5.69 Å². The zero-order valence-electron chi connectivity index (χ0n) is 12.9. The van der Waals surface area contributed by atoms with Crippen molar-refractivity contribution in [3.05, 3.63) is 59.4 Å². The van der Waals surface area contributed by atoms with Crippen molar-refractivity contribution in [2.75, 3.05) is 5.32 Å². The summed E-state index contributed by atoms with van der Waals surface area (Å²) in [7, 11) is 0. The monoisotopic (exact) mass is 306 g/mol. The number of nitrogens with two attached hydrogens (primary N) is 1. The maximum Gasteiger partial charge on any atom is 0.250 e. The molecule has 1 amide bonds. The van der Waals surface area contributed by atoms with Gasteiger partial charge in [0.05, 0.1) is 16.6 Å². The summed E-state index contributed by atoms with van der Waals surface area (Å²) in [6, 6.07) is 13.8. The molecule has 0 saturated carbocycles. The van der Waals surface area contributed by atoms with Crippen LogP contribution in [0.3, 0.4) is 0 Å². The molecule has 5 nitrogen and oxygen atoms in total. The fraction of sp³-hybridized carbons (Fsp3) is 0.222. The van der Waals surface area contributed by atoms with Gasteiger partial charge in [-0.3, -0.25) is 4.79 Å². The average Bonchev–Trinajstić information content (AvgIpc) is 3.16. The number of aromatic nitrogens is 2. The van der Waals surface area contributed by atoms with Crippen LogP contribution in [0.15, 0.2) is 42.5 Å². The molecule has 1 aliphatic rings. The second kappa shape index (κ2) is 4.84. The molecule has 0 saturated heterocycles. The Bertz CT molecular complexity index is 887. The van der Waals surface area contributed by atoms with Crippen molar-refractivity contribution >= 4 is 22.6 Å². The predicted molar refractivity (Wildman–Crippen MR) is 90.3 cm³/mol. The number of carbonyl (C=O) groups excluding carboxylic acids is 1. The molecule has 2 aromatic carbocycles. The number of hydrogen-bond acceptors (Lipinski definition) is 3. The van der Waals surface area contributed by atoms with Crippen LogP contribution in [0.1, 0.15) is 35.1 Å². The van der Waals surface area contributed by atoms with E-state index in [2.05, 4.69) is 35.4 Å². The number of nitrogens with one attached hydrogen (secondary N) is 2. The van der Waals surface area contributed by atoms with Gasteiger partial charge in [-0.05, 0) is 30.2 Å². The highest BCUT2D eigenvalue weighted by molar-refractivity contribution is 6.04. The number of anilines is 1. The third-order valence-electron chi connectivity index (χ3n) is 4.72. The fourth-order valence-electron chi connectivity index (χ4n) is 3.40. The van der Waals surface area contributed by atoms with Gasteiger partial charge in [-0.2, -0.15) is 0 Å². The van der Waals surface area contributed by atoms with Gasteiger partial charge in [0.15, 0.2) is 0 Å². The quantitative estimate of drug-likeness (QED) is 0.695. The van der Waals surface area contributed by atoms with Crippen molar-refractivity contribution < 1.29 is 4.79 Å². The maximum absolute atomic E-state index is 11.6. The molecule has 5 heteroatoms. The van der Waals surface area contributed by atoms with Crippen molar-refractivity contribution in [2.45, 2.75) is 25.3 Å². The highest BCUT2D eigenvalue weighted by atomic mass is 16.1. The average molecular weight is 306 g/mol. The van der Waals surface area contributed by atoms with E-state index in [0.29, 0.717) is 11.1 Å². The first-order valence-corrected chi connectivity index (χ1v) is 7.78. The number of rotatable bonds is 3. The molecule has 1 aliphatic heterocycles. The van der Waals surface area contributed by atoms with Crippen LogP contribution in [0.25, 0.3) is 11.0 Å². The van der Waals surface area contributed by atoms with Gasteiger partial charge in [-0.25, -0.2) is 4.98 Å². The second-order valence-corrected chi connectivity index (χ2v) is 6.05. The molecule has 1 aromatic heterocycles. The van der Waals surface area contributed by atoms with Gasteiger partial charge in [-0.15, -0.1) is 0 Å². The lowest BCUT2D eigenvalue weighted by Crippen LogP contribution is -2.33. The minimum atomic E-state index is -0.457. The fourth-order valence-corrected chi connectivity index (χ4v) is 3.40. The van der Waals surface area contributed by atoms with E-state index in [-0.39, 0.29) is 5.54 Å². The Hall–Kier alpha value is -2.82. The largest absolute Gasteiger partial charge is 0.372 e. The summed E-state index contributed by atoms with van der Waals surface area (Å²) in [6.45, 7) is 2.14. The van der Waals surface area contributed by atoms with E-state index in [4.69, 9.17) is 10.7 Å². The molecule has 4 N–H and O–H groups in total. The maximum atomic E-state index is 11.6. The van der Waals surface area contributed by atoms with Gasteiger partial charge in [0, 0.05) is 12.1 Å². The van der Waals surface area contributed by atoms with Crippen LogP contribution >= 0.6 is 0 Å². The minimum Gasteiger partial charge on any atom is -0.372 e. The number of primary amides is 1. The van der Waals surface area contributed by atoms with Crippen molar-refractivity contribution in [3.8, 4) is 0 Å². The van der Waals surface area contributed by atoms with E-state index in [1.54, 1.807) is 6.07 Å². The number of benzene rings is 2. The summed E-state index contributed by atoms with van der Waals surface area (Å²) in [5.74, 6) is 0.391. The normalized spacial score (nSPS) is 19.5. The topological polar surface area (TPSA) is 83.8 Å². The Morgan fingerprint density at radius 1 is 1.26 bits per heavy atom. The lowest BCUT2D eigenvalue weighted by molar-refractivity contribution is 0.100. The summed E-state index contributed by atoms with van der Waals surface area (Å²) in [6.07, 6.45) is 1.75. The van der Waals surface area contributed by atoms with Gasteiger partial charge in [0.25, 0.3) is 5.91 Å². The van der Waals surface area contributed by atoms with Crippen LogP contribution in [-0.2, 0) is 12.0 Å². The summed E-state index contributed by atoms with van der Waals surface area (Å²) in [5.41, 5.74) is 9.54. The summed E-state index contributed by atoms with van der Waals surface area (Å²) in [5, 5.41) is 3.61. The van der Waals surface area contributed by atoms with Crippen LogP contribution < -0.4 is 11.1 Å². The minimum absolute atomic E-state index is 0.280. The number of para-hydroxylation sites is 2. The van der Waals surface area contributed by atoms with Crippen LogP contribution in [0.5, 0.6) is 0 Å². The van der Waals surface area contributed by atoms with Crippen LogP contribution in [-0.4, -0.2) is 15.9 Å². The predicted octanol–water partition coefficient (Wildman–Crippen LogP) is 2.94. The second-order valence-electron chi connectivity index (χ2n) is 6.05. The van der Waals surface area contributed by atoms with Crippen molar-refractivity contribution in [3.63, 3.8) is 0 Å². The lowest BCUT2D eigenvalue weighted by atomic mass is 9.91. The molecular formula is C18H18N4O. The van der Waals surface area contributed by atoms with E-state index in [9.17, 15) is 4.79 Å². The molecule has 0 bridgehead atoms. The Balaban J connectivity index is 1.85. The number of H-pyrrole nitrogens is 1. The highest BCUT2D eigenvalue weighted by Gasteiger charge is 2.39. The molecule has 0 fully saturated rings. The zero-order valence-corrected chi connectivity index (χ0v) is 12.9. The molecule has 1 atom stereocenters. The summed E-state index contributed by atoms with van der Waals surface area (Å²) < 4.78 is 0. The summed E-state index contributed by atoms with van der Waals surface area (Å²) in [4.78, 5) is 19.7. The molecule has 0 aliphatic carbocycles. The number of carbonyl (C=O) groups is 1. The number of hydrogen-bond donors (Lipinski definition) is 3. The third-order valence-corrected chi connectivity index (χ3v) is 4.72. The molecule has 23 heavy (non-hydrogen) atoms. The first-order chi connectivity index (χ1) is 11.1. The molecule has 3 aromatic rings. The molecule has 0 radical (unpaired) electrons. The standard InChI is InChI=1S/C18H18N4O/c1-2-18(10-11-6-3-4-8-13(11)22-18)17-20-14-9-5-7-12(16(19)23)15(14)21-17/h3-9,22H,2,10H2,1H3,(H2,19,23)(H,20,21). The Morgan fingerprint density at radius 2 is 2.09 bits per heavy atom. The SMILES string of the molecule is CCC1(c2nc3c(C(N)=O)cccc3[nH]2)Cc2ccccc2N1. The number of nitrogens with zero attached hydrogens (tertiary/aromatic N) is 1. The van der Waals surface area contributed by atoms with Gasteiger partial charge in [-0.1, -0.05) is 31.2 Å². The van der Waals surface area contributed by atoms with Gasteiger partial charge in [0.2, 0.25) is 0 Å². The van der Waals surface area contributed by atoms with E-state index in [1.807, 2.05) is 18.2 Å². The molecule has 1 unspecified atom stereocenters. The molecule has 4 rings (SSSR count). The van der Waals surface area contributed by atoms with Crippen molar-refractivity contribution in [1.82, 2.24) is 9.97 Å². The van der Waals surface area contributed by atoms with Gasteiger partial charge < -0.3 is 16.0 Å². The molecular weight excluding hydrogens is 288 g/mol. The number of aromatic amines is 1. The Morgan fingerprint density at radius 3 is 2.83 bits per heavy atom. The molecule has 2 heterocycles. The van der Waals surface area contributed by atoms with E-state index < -0.39 is 5.91 Å². The number of amides is 1. The van der Waals surface area contributed by atoms with Crippen LogP contribution in [0.2, 0.25) is 0 Å². The lowest BCUT2D eigenvalue weighted by Gasteiger charge is -2.26. The first-order valence-electron chi connectivity index (χ1n) is 7.78. The van der Waals surface area contributed by atoms with Crippen molar-refractivity contribution in [2.24, 2.45) is 5.73 Å². The van der Waals surface area contributed by atoms with E-state index in [1.165, 1.54) is 5.56 Å². The van der Waals surface area contributed by atoms with Gasteiger partial charge >= 0.3 is 0 Å². The Kier molecular flexibility index (Phi) is 2.91. The van der Waals surface area contributed by atoms with Gasteiger partial charge in [0.1, 0.15) is 11.3 Å². The molecule has 0 spiro atoms. The summed E-state index contributed by atoms with van der Waals surface area (Å²) >= 11 is 0. The number of imidazole rings is 1. The number of fused-ring (bicyclic) bond motifs is 2. The van der Waals surface area contributed by atoms with E-state index >= 15 is 0 Å². The Labute approximate surface area is 133 Å². The van der Waals surface area contributed by atoms with Crippen LogP contribution in [0, 0.1) is 0 Å². The first kappa shape index (κ1) is 13.8. The molecule has 116 valence electrons. The highest BCUT2D eigenvalue weighted by Crippen LogP contribution is 2.40. The smallest absolute Gasteiger partial charge is 0.250 e. The van der Waals surface area contributed by atoms with E-state index in [0.717, 1.165) is 29.9 Å². The van der Waals surface area contributed by atoms with Crippen molar-refractivity contribution in [1.29, 1.82) is 0 Å².